The zero-order chi connectivity index (χ0) is 20.8. The van der Waals surface area contributed by atoms with Crippen LogP contribution in [0, 0.1) is 11.7 Å². The maximum atomic E-state index is 12.8. The average Bonchev–Trinajstić information content (AvgIpc) is 2.73. The van der Waals surface area contributed by atoms with Gasteiger partial charge in [-0.25, -0.2) is 4.39 Å². The molecule has 154 valence electrons. The van der Waals surface area contributed by atoms with E-state index in [0.717, 1.165) is 12.8 Å². The summed E-state index contributed by atoms with van der Waals surface area (Å²) in [5.74, 6) is -0.172. The minimum atomic E-state index is -0.362. The molecule has 0 aliphatic carbocycles. The number of hydrogen-bond acceptors (Lipinski definition) is 4. The highest BCUT2D eigenvalue weighted by atomic mass is 19.1. The van der Waals surface area contributed by atoms with Crippen LogP contribution in [0.4, 0.5) is 4.39 Å². The Labute approximate surface area is 168 Å². The molecule has 1 aliphatic heterocycles. The normalized spacial score (nSPS) is 14.5. The molecule has 0 bridgehead atoms. The maximum absolute atomic E-state index is 12.8. The van der Waals surface area contributed by atoms with Gasteiger partial charge in [0.25, 0.3) is 17.4 Å². The van der Waals surface area contributed by atoms with E-state index in [1.54, 1.807) is 30.3 Å². The number of pyridine rings is 1. The van der Waals surface area contributed by atoms with Crippen LogP contribution < -0.4 is 15.6 Å². The molecule has 29 heavy (non-hydrogen) atoms. The van der Waals surface area contributed by atoms with E-state index in [4.69, 9.17) is 4.74 Å². The number of hydrogen-bond donors (Lipinski definition) is 1. The van der Waals surface area contributed by atoms with Gasteiger partial charge in [-0.05, 0) is 55.2 Å². The van der Waals surface area contributed by atoms with Crippen molar-refractivity contribution >= 4 is 11.8 Å². The molecule has 1 saturated heterocycles. The first-order valence-electron chi connectivity index (χ1n) is 9.54. The third-order valence-corrected chi connectivity index (χ3v) is 5.03. The van der Waals surface area contributed by atoms with Crippen molar-refractivity contribution in [3.8, 4) is 5.75 Å². The summed E-state index contributed by atoms with van der Waals surface area (Å²) < 4.78 is 19.6. The molecule has 1 aromatic heterocycles. The highest BCUT2D eigenvalue weighted by molar-refractivity contribution is 5.93. The van der Waals surface area contributed by atoms with Gasteiger partial charge in [-0.15, -0.1) is 0 Å². The van der Waals surface area contributed by atoms with Gasteiger partial charge in [0.15, 0.2) is 6.61 Å². The van der Waals surface area contributed by atoms with Crippen LogP contribution in [-0.4, -0.2) is 47.5 Å². The maximum Gasteiger partial charge on any atom is 0.263 e. The van der Waals surface area contributed by atoms with Crippen LogP contribution >= 0.6 is 0 Å². The Bertz CT molecular complexity index is 918. The van der Waals surface area contributed by atoms with Crippen LogP contribution in [0.25, 0.3) is 0 Å². The molecule has 2 amide bonds. The van der Waals surface area contributed by atoms with Gasteiger partial charge in [0.2, 0.25) is 0 Å². The minimum absolute atomic E-state index is 0.139. The fourth-order valence-corrected chi connectivity index (χ4v) is 3.26. The van der Waals surface area contributed by atoms with Crippen molar-refractivity contribution in [1.29, 1.82) is 0 Å². The topological polar surface area (TPSA) is 80.6 Å². The number of carbonyl (C=O) groups excluding carboxylic acids is 2. The smallest absolute Gasteiger partial charge is 0.263 e. The van der Waals surface area contributed by atoms with E-state index in [2.05, 4.69) is 5.32 Å². The van der Waals surface area contributed by atoms with Gasteiger partial charge in [-0.2, -0.15) is 0 Å². The number of aromatic nitrogens is 1. The summed E-state index contributed by atoms with van der Waals surface area (Å²) in [5.41, 5.74) is -0.118. The Morgan fingerprint density at radius 2 is 1.86 bits per heavy atom. The van der Waals surface area contributed by atoms with Crippen LogP contribution in [-0.2, 0) is 11.8 Å². The number of piperidine rings is 1. The number of amides is 2. The first-order valence-corrected chi connectivity index (χ1v) is 9.54. The number of likely N-dealkylation sites (tertiary alicyclic amines) is 1. The summed E-state index contributed by atoms with van der Waals surface area (Å²) in [7, 11) is 1.62. The molecule has 0 unspecified atom stereocenters. The zero-order valence-electron chi connectivity index (χ0n) is 16.3. The lowest BCUT2D eigenvalue weighted by Crippen LogP contribution is -2.43. The van der Waals surface area contributed by atoms with Gasteiger partial charge >= 0.3 is 0 Å². The van der Waals surface area contributed by atoms with E-state index in [0.29, 0.717) is 25.4 Å². The lowest BCUT2D eigenvalue weighted by atomic mass is 9.96. The Hall–Kier alpha value is -3.16. The van der Waals surface area contributed by atoms with E-state index in [-0.39, 0.29) is 41.3 Å². The molecule has 1 N–H and O–H groups in total. The van der Waals surface area contributed by atoms with Gasteiger partial charge in [0.05, 0.1) is 0 Å². The minimum Gasteiger partial charge on any atom is -0.484 e. The molecule has 1 aliphatic rings. The third kappa shape index (κ3) is 5.43. The van der Waals surface area contributed by atoms with Gasteiger partial charge in [0, 0.05) is 32.9 Å². The lowest BCUT2D eigenvalue weighted by Gasteiger charge is -2.32. The number of benzene rings is 1. The number of aryl methyl sites for hydroxylation is 1. The van der Waals surface area contributed by atoms with E-state index >= 15 is 0 Å². The van der Waals surface area contributed by atoms with Crippen molar-refractivity contribution in [3.05, 3.63) is 64.3 Å². The van der Waals surface area contributed by atoms with E-state index in [9.17, 15) is 18.8 Å². The number of rotatable bonds is 6. The summed E-state index contributed by atoms with van der Waals surface area (Å²) in [5, 5.41) is 2.83. The molecule has 0 radical (unpaired) electrons. The predicted octanol–water partition coefficient (Wildman–Crippen LogP) is 1.57. The lowest BCUT2D eigenvalue weighted by molar-refractivity contribution is -0.123. The zero-order valence-corrected chi connectivity index (χ0v) is 16.3. The van der Waals surface area contributed by atoms with Gasteiger partial charge in [0.1, 0.15) is 17.1 Å². The number of halogens is 1. The number of nitrogens with one attached hydrogen (secondary N) is 1. The van der Waals surface area contributed by atoms with E-state index in [1.165, 1.54) is 28.8 Å². The van der Waals surface area contributed by atoms with Crippen molar-refractivity contribution < 1.29 is 18.7 Å². The monoisotopic (exact) mass is 401 g/mol. The van der Waals surface area contributed by atoms with Crippen LogP contribution in [0.15, 0.2) is 47.4 Å². The Balaban J connectivity index is 1.41. The molecule has 1 aromatic carbocycles. The highest BCUT2D eigenvalue weighted by Crippen LogP contribution is 2.18. The van der Waals surface area contributed by atoms with Gasteiger partial charge in [-0.1, -0.05) is 0 Å². The summed E-state index contributed by atoms with van der Waals surface area (Å²) in [6, 6.07) is 8.72. The molecule has 2 heterocycles. The molecular weight excluding hydrogens is 377 g/mol. The second-order valence-corrected chi connectivity index (χ2v) is 7.12. The number of ether oxygens (including phenoxy) is 1. The average molecular weight is 401 g/mol. The summed E-state index contributed by atoms with van der Waals surface area (Å²) in [6.45, 7) is 1.45. The summed E-state index contributed by atoms with van der Waals surface area (Å²) in [6.07, 6.45) is 3.11. The highest BCUT2D eigenvalue weighted by Gasteiger charge is 2.25. The number of nitrogens with zero attached hydrogens (tertiary/aromatic N) is 2. The Morgan fingerprint density at radius 3 is 2.55 bits per heavy atom. The molecule has 0 saturated carbocycles. The molecule has 2 aromatic rings. The van der Waals surface area contributed by atoms with Crippen LogP contribution in [0.2, 0.25) is 0 Å². The number of carbonyl (C=O) groups is 2. The second-order valence-electron chi connectivity index (χ2n) is 7.12. The van der Waals surface area contributed by atoms with Gasteiger partial charge in [-0.3, -0.25) is 14.4 Å². The van der Waals surface area contributed by atoms with E-state index in [1.807, 2.05) is 0 Å². The van der Waals surface area contributed by atoms with Crippen molar-refractivity contribution in [1.82, 2.24) is 14.8 Å². The first-order chi connectivity index (χ1) is 13.9. The van der Waals surface area contributed by atoms with Crippen LogP contribution in [0.5, 0.6) is 5.75 Å². The largest absolute Gasteiger partial charge is 0.484 e. The third-order valence-electron chi connectivity index (χ3n) is 5.03. The fourth-order valence-electron chi connectivity index (χ4n) is 3.26. The summed E-state index contributed by atoms with van der Waals surface area (Å²) in [4.78, 5) is 38.3. The summed E-state index contributed by atoms with van der Waals surface area (Å²) >= 11 is 0. The fraction of sp³-hybridized carbons (Fsp3) is 0.381. The molecule has 3 rings (SSSR count). The van der Waals surface area contributed by atoms with Crippen LogP contribution in [0.3, 0.4) is 0 Å². The van der Waals surface area contributed by atoms with Crippen molar-refractivity contribution in [2.24, 2.45) is 13.0 Å². The first kappa shape index (κ1) is 20.6. The molecule has 0 spiro atoms. The molecule has 8 heteroatoms. The molecule has 7 nitrogen and oxygen atoms in total. The predicted molar refractivity (Wildman–Crippen MR) is 105 cm³/mol. The Morgan fingerprint density at radius 1 is 1.17 bits per heavy atom. The van der Waals surface area contributed by atoms with Crippen molar-refractivity contribution in [3.63, 3.8) is 0 Å². The molecular formula is C21H24FN3O4. The van der Waals surface area contributed by atoms with Crippen molar-refractivity contribution in [2.45, 2.75) is 12.8 Å². The van der Waals surface area contributed by atoms with E-state index < -0.39 is 0 Å². The standard InChI is InChI=1S/C21H24FN3O4/c1-24-10-2-3-18(20(24)27)21(28)25-11-8-15(9-12-25)13-23-19(26)14-29-17-6-4-16(22)5-7-17/h2-7,10,15H,8-9,11-14H2,1H3,(H,23,26). The Kier molecular flexibility index (Phi) is 6.64. The quantitative estimate of drug-likeness (QED) is 0.797. The second kappa shape index (κ2) is 9.36. The molecule has 0 atom stereocenters. The van der Waals surface area contributed by atoms with Crippen LogP contribution in [0.1, 0.15) is 23.2 Å². The van der Waals surface area contributed by atoms with Gasteiger partial charge < -0.3 is 19.5 Å². The molecule has 1 fully saturated rings. The SMILES string of the molecule is Cn1cccc(C(=O)N2CCC(CNC(=O)COc3ccc(F)cc3)CC2)c1=O. The van der Waals surface area contributed by atoms with Crippen molar-refractivity contribution in [2.75, 3.05) is 26.2 Å².